The number of imide groups is 1. The Morgan fingerprint density at radius 1 is 1.00 bits per heavy atom. The van der Waals surface area contributed by atoms with Gasteiger partial charge in [-0.15, -0.1) is 0 Å². The Morgan fingerprint density at radius 3 is 1.93 bits per heavy atom. The van der Waals surface area contributed by atoms with E-state index in [-0.39, 0.29) is 33.8 Å². The molecule has 3 nitrogen and oxygen atoms in total. The van der Waals surface area contributed by atoms with Gasteiger partial charge in [0.15, 0.2) is 0 Å². The van der Waals surface area contributed by atoms with E-state index in [9.17, 15) is 9.59 Å². The molecule has 0 aromatic heterocycles. The van der Waals surface area contributed by atoms with Crippen LogP contribution in [-0.2, 0) is 15.6 Å². The molecule has 1 saturated heterocycles. The normalized spacial score (nSPS) is 33.3. The van der Waals surface area contributed by atoms with Crippen molar-refractivity contribution in [3.05, 3.63) is 70.8 Å². The van der Waals surface area contributed by atoms with Gasteiger partial charge < -0.3 is 0 Å². The second-order valence-electron chi connectivity index (χ2n) is 8.76. The van der Waals surface area contributed by atoms with Gasteiger partial charge in [0.1, 0.15) is 0 Å². The minimum atomic E-state index is -0.391. The van der Waals surface area contributed by atoms with Crippen LogP contribution in [-0.4, -0.2) is 27.3 Å². The maximum absolute atomic E-state index is 13.3. The van der Waals surface area contributed by atoms with Crippen molar-refractivity contribution >= 4 is 22.9 Å². The zero-order valence-corrected chi connectivity index (χ0v) is 17.5. The van der Waals surface area contributed by atoms with Gasteiger partial charge in [0.05, 0.1) is 6.04 Å². The van der Waals surface area contributed by atoms with Crippen LogP contribution in [0.4, 0.5) is 4.79 Å². The number of thioether (sulfide) groups is 1. The Bertz CT molecular complexity index is 966. The predicted molar refractivity (Wildman–Crippen MR) is 113 cm³/mol. The maximum atomic E-state index is 13.3. The monoisotopic (exact) mass is 391 g/mol. The van der Waals surface area contributed by atoms with Crippen molar-refractivity contribution in [2.24, 2.45) is 5.92 Å². The van der Waals surface area contributed by atoms with Crippen molar-refractivity contribution in [1.29, 1.82) is 0 Å². The van der Waals surface area contributed by atoms with Gasteiger partial charge in [-0.1, -0.05) is 81.1 Å². The zero-order chi connectivity index (χ0) is 19.8. The minimum absolute atomic E-state index is 0.0279. The summed E-state index contributed by atoms with van der Waals surface area (Å²) in [4.78, 5) is 28.1. The van der Waals surface area contributed by atoms with Crippen molar-refractivity contribution in [3.63, 3.8) is 0 Å². The van der Waals surface area contributed by atoms with E-state index in [0.29, 0.717) is 0 Å². The number of carbonyl (C=O) groups excluding carboxylic acids is 2. The molecular weight excluding hydrogens is 366 g/mol. The number of hydrogen-bond donors (Lipinski definition) is 0. The highest BCUT2D eigenvalue weighted by atomic mass is 32.2. The first-order valence-corrected chi connectivity index (χ1v) is 11.0. The third-order valence-corrected chi connectivity index (χ3v) is 8.89. The number of carbonyl (C=O) groups is 2. The van der Waals surface area contributed by atoms with Crippen molar-refractivity contribution in [2.45, 2.75) is 56.2 Å². The predicted octanol–water partition coefficient (Wildman–Crippen LogP) is 5.10. The summed E-state index contributed by atoms with van der Waals surface area (Å²) in [7, 11) is 0. The van der Waals surface area contributed by atoms with E-state index < -0.39 is 5.41 Å². The number of amides is 2. The van der Waals surface area contributed by atoms with Gasteiger partial charge in [-0.05, 0) is 35.6 Å². The van der Waals surface area contributed by atoms with Gasteiger partial charge in [0, 0.05) is 22.0 Å². The molecule has 1 heterocycles. The smallest absolute Gasteiger partial charge is 0.274 e. The van der Waals surface area contributed by atoms with E-state index in [2.05, 4.69) is 62.4 Å². The lowest BCUT2D eigenvalue weighted by atomic mass is 9.47. The first kappa shape index (κ1) is 18.0. The second kappa shape index (κ2) is 5.73. The number of rotatable bonds is 2. The molecule has 0 spiro atoms. The average Bonchev–Trinajstić information content (AvgIpc) is 3.09. The molecule has 3 aliphatic carbocycles. The number of benzene rings is 2. The Morgan fingerprint density at radius 2 is 1.46 bits per heavy atom. The Balaban J connectivity index is 1.82. The molecular formula is C24H25NO2S. The molecule has 4 aliphatic rings. The zero-order valence-electron chi connectivity index (χ0n) is 16.7. The van der Waals surface area contributed by atoms with Gasteiger partial charge in [-0.3, -0.25) is 14.5 Å². The minimum Gasteiger partial charge on any atom is -0.274 e. The molecule has 2 bridgehead atoms. The molecule has 4 heteroatoms. The highest BCUT2D eigenvalue weighted by molar-refractivity contribution is 8.14. The summed E-state index contributed by atoms with van der Waals surface area (Å²) in [6, 6.07) is 17.0. The van der Waals surface area contributed by atoms with Crippen molar-refractivity contribution < 1.29 is 9.59 Å². The van der Waals surface area contributed by atoms with Crippen LogP contribution in [0.3, 0.4) is 0 Å². The fourth-order valence-electron chi connectivity index (χ4n) is 5.81. The lowest BCUT2D eigenvalue weighted by Gasteiger charge is -2.60. The Kier molecular flexibility index (Phi) is 3.68. The average molecular weight is 392 g/mol. The van der Waals surface area contributed by atoms with E-state index >= 15 is 0 Å². The van der Waals surface area contributed by atoms with Crippen LogP contribution in [0.5, 0.6) is 0 Å². The first-order valence-electron chi connectivity index (χ1n) is 10.1. The molecule has 6 rings (SSSR count). The molecule has 1 aliphatic heterocycles. The van der Waals surface area contributed by atoms with E-state index in [0.717, 1.165) is 6.42 Å². The molecule has 0 saturated carbocycles. The summed E-state index contributed by atoms with van der Waals surface area (Å²) >= 11 is 1.37. The summed E-state index contributed by atoms with van der Waals surface area (Å²) < 4.78 is 0. The van der Waals surface area contributed by atoms with E-state index in [1.165, 1.54) is 34.0 Å². The van der Waals surface area contributed by atoms with E-state index in [1.807, 2.05) is 13.8 Å². The summed E-state index contributed by atoms with van der Waals surface area (Å²) in [5, 5.41) is -0.0545. The van der Waals surface area contributed by atoms with Crippen molar-refractivity contribution in [3.8, 4) is 0 Å². The van der Waals surface area contributed by atoms with Gasteiger partial charge in [-0.25, -0.2) is 0 Å². The summed E-state index contributed by atoms with van der Waals surface area (Å²) in [6.45, 7) is 8.44. The number of hydrogen-bond acceptors (Lipinski definition) is 3. The standard InChI is InChI=1S/C24H25NO2S/c1-5-14(2)21(26)25-19-20(28-22(25)27)24(4)17-12-8-6-10-15(17)23(19,3)16-11-7-9-13-18(16)24/h6-14,19-20H,5H2,1-4H3/t14-,19+,20-,23?,24?/m1/s1. The summed E-state index contributed by atoms with van der Waals surface area (Å²) in [5.41, 5.74) is 4.44. The van der Waals surface area contributed by atoms with Gasteiger partial charge in [0.2, 0.25) is 5.91 Å². The molecule has 2 aromatic carbocycles. The van der Waals surface area contributed by atoms with Gasteiger partial charge in [0.25, 0.3) is 5.24 Å². The molecule has 2 aromatic rings. The molecule has 0 N–H and O–H groups in total. The molecule has 28 heavy (non-hydrogen) atoms. The van der Waals surface area contributed by atoms with Crippen LogP contribution in [0.15, 0.2) is 48.5 Å². The van der Waals surface area contributed by atoms with E-state index in [4.69, 9.17) is 0 Å². The molecule has 0 unspecified atom stereocenters. The topological polar surface area (TPSA) is 37.4 Å². The van der Waals surface area contributed by atoms with Crippen LogP contribution < -0.4 is 0 Å². The van der Waals surface area contributed by atoms with Crippen LogP contribution >= 0.6 is 11.8 Å². The fourth-order valence-corrected chi connectivity index (χ4v) is 7.35. The SMILES string of the molecule is CC[C@@H](C)C(=O)N1C(=O)S[C@@H]2[C@H]1C1(C)c3ccccc3C2(C)c2ccccc21. The molecule has 0 radical (unpaired) electrons. The number of nitrogens with zero attached hydrogens (tertiary/aromatic N) is 1. The highest BCUT2D eigenvalue weighted by Crippen LogP contribution is 2.65. The van der Waals surface area contributed by atoms with Crippen molar-refractivity contribution in [2.75, 3.05) is 0 Å². The summed E-state index contributed by atoms with van der Waals surface area (Å²) in [5.74, 6) is -0.175. The first-order chi connectivity index (χ1) is 13.4. The van der Waals surface area contributed by atoms with E-state index in [1.54, 1.807) is 4.90 Å². The lowest BCUT2D eigenvalue weighted by molar-refractivity contribution is -0.134. The maximum Gasteiger partial charge on any atom is 0.288 e. The molecule has 1 fully saturated rings. The third kappa shape index (κ3) is 1.87. The van der Waals surface area contributed by atoms with Crippen molar-refractivity contribution in [1.82, 2.24) is 4.90 Å². The summed E-state index contributed by atoms with van der Waals surface area (Å²) in [6.07, 6.45) is 0.742. The van der Waals surface area contributed by atoms with Crippen LogP contribution in [0, 0.1) is 5.92 Å². The van der Waals surface area contributed by atoms with Crippen LogP contribution in [0.2, 0.25) is 0 Å². The van der Waals surface area contributed by atoms with Crippen LogP contribution in [0.1, 0.15) is 56.4 Å². The Hall–Kier alpha value is -2.07. The Labute approximate surface area is 170 Å². The van der Waals surface area contributed by atoms with Crippen LogP contribution in [0.25, 0.3) is 0 Å². The second-order valence-corrected chi connectivity index (χ2v) is 9.86. The molecule has 2 amide bonds. The molecule has 3 atom stereocenters. The molecule has 144 valence electrons. The lowest BCUT2D eigenvalue weighted by Crippen LogP contribution is -2.66. The van der Waals surface area contributed by atoms with Gasteiger partial charge in [-0.2, -0.15) is 0 Å². The quantitative estimate of drug-likeness (QED) is 0.714. The van der Waals surface area contributed by atoms with Gasteiger partial charge >= 0.3 is 0 Å². The largest absolute Gasteiger partial charge is 0.288 e. The third-order valence-electron chi connectivity index (χ3n) is 7.51. The highest BCUT2D eigenvalue weighted by Gasteiger charge is 2.68. The fraction of sp³-hybridized carbons (Fsp3) is 0.417.